The Morgan fingerprint density at radius 1 is 0.970 bits per heavy atom. The number of carbonyl (C=O) groups excluding carboxylic acids is 1. The van der Waals surface area contributed by atoms with Gasteiger partial charge in [-0.3, -0.25) is 9.59 Å². The molecule has 0 amide bonds. The number of nitrogens with one attached hydrogen (secondary N) is 1. The Balaban J connectivity index is 1.75. The van der Waals surface area contributed by atoms with Gasteiger partial charge in [-0.05, 0) is 59.3 Å². The molecule has 0 saturated carbocycles. The summed E-state index contributed by atoms with van der Waals surface area (Å²) >= 11 is 6.57. The first kappa shape index (κ1) is 22.6. The number of pyridine rings is 1. The van der Waals surface area contributed by atoms with Crippen molar-refractivity contribution < 1.29 is 9.53 Å². The third-order valence-electron chi connectivity index (χ3n) is 5.52. The lowest BCUT2D eigenvalue weighted by atomic mass is 9.99. The molecular formula is C27H25ClN2O3. The highest BCUT2D eigenvalue weighted by Crippen LogP contribution is 2.33. The maximum atomic E-state index is 12.8. The molecule has 1 heterocycles. The van der Waals surface area contributed by atoms with Crippen molar-refractivity contribution in [3.05, 3.63) is 87.7 Å². The van der Waals surface area contributed by atoms with Crippen LogP contribution in [0.3, 0.4) is 0 Å². The van der Waals surface area contributed by atoms with Gasteiger partial charge in [0, 0.05) is 36.4 Å². The van der Waals surface area contributed by atoms with Crippen molar-refractivity contribution in [1.29, 1.82) is 0 Å². The van der Waals surface area contributed by atoms with Gasteiger partial charge in [0.25, 0.3) is 5.56 Å². The van der Waals surface area contributed by atoms with E-state index in [1.807, 2.05) is 79.7 Å². The summed E-state index contributed by atoms with van der Waals surface area (Å²) in [5.41, 5.74) is 5.52. The second-order valence-corrected chi connectivity index (χ2v) is 8.46. The van der Waals surface area contributed by atoms with Crippen LogP contribution in [0.15, 0.2) is 71.5 Å². The molecule has 4 aromatic rings. The van der Waals surface area contributed by atoms with Gasteiger partial charge in [0.15, 0.2) is 0 Å². The highest BCUT2D eigenvalue weighted by atomic mass is 35.5. The van der Waals surface area contributed by atoms with Crippen LogP contribution in [0.25, 0.3) is 33.2 Å². The standard InChI is InChI=1S/C27H25ClN2O3/c1-4-33-26(31)13-17-6-5-7-19(12-17)23-15-20-14-22(24(28)16-25(20)29-27(23)32)18-8-10-21(11-9-18)30(2)3/h5-12,14-16H,4,13H2,1-3H3,(H,29,32). The smallest absolute Gasteiger partial charge is 0.310 e. The third kappa shape index (κ3) is 4.94. The molecule has 6 heteroatoms. The number of H-pyrrole nitrogens is 1. The fourth-order valence-electron chi connectivity index (χ4n) is 3.83. The molecule has 0 aliphatic rings. The molecule has 0 saturated heterocycles. The van der Waals surface area contributed by atoms with E-state index in [0.29, 0.717) is 22.7 Å². The average Bonchev–Trinajstić information content (AvgIpc) is 2.78. The summed E-state index contributed by atoms with van der Waals surface area (Å²) in [5, 5.41) is 1.44. The number of hydrogen-bond donors (Lipinski definition) is 1. The second kappa shape index (κ2) is 9.51. The van der Waals surface area contributed by atoms with E-state index in [2.05, 4.69) is 4.98 Å². The van der Waals surface area contributed by atoms with Crippen molar-refractivity contribution >= 4 is 34.2 Å². The van der Waals surface area contributed by atoms with E-state index in [0.717, 1.165) is 33.3 Å². The number of benzene rings is 3. The molecule has 0 aliphatic carbocycles. The van der Waals surface area contributed by atoms with Gasteiger partial charge < -0.3 is 14.6 Å². The highest BCUT2D eigenvalue weighted by Gasteiger charge is 2.12. The number of esters is 1. The van der Waals surface area contributed by atoms with Crippen LogP contribution >= 0.6 is 11.6 Å². The van der Waals surface area contributed by atoms with Crippen LogP contribution in [-0.2, 0) is 16.0 Å². The number of fused-ring (bicyclic) bond motifs is 1. The highest BCUT2D eigenvalue weighted by molar-refractivity contribution is 6.34. The number of nitrogens with zero attached hydrogens (tertiary/aromatic N) is 1. The largest absolute Gasteiger partial charge is 0.466 e. The molecule has 0 radical (unpaired) electrons. The second-order valence-electron chi connectivity index (χ2n) is 8.05. The number of halogens is 1. The zero-order chi connectivity index (χ0) is 23.5. The Kier molecular flexibility index (Phi) is 6.52. The molecular weight excluding hydrogens is 436 g/mol. The monoisotopic (exact) mass is 460 g/mol. The first-order chi connectivity index (χ1) is 15.9. The molecule has 33 heavy (non-hydrogen) atoms. The lowest BCUT2D eigenvalue weighted by Crippen LogP contribution is -2.10. The lowest BCUT2D eigenvalue weighted by molar-refractivity contribution is -0.142. The minimum Gasteiger partial charge on any atom is -0.466 e. The molecule has 0 spiro atoms. The number of anilines is 1. The molecule has 0 aliphatic heterocycles. The van der Waals surface area contributed by atoms with Crippen LogP contribution in [0.1, 0.15) is 12.5 Å². The summed E-state index contributed by atoms with van der Waals surface area (Å²) < 4.78 is 5.04. The summed E-state index contributed by atoms with van der Waals surface area (Å²) in [6, 6.07) is 21.2. The van der Waals surface area contributed by atoms with Crippen LogP contribution < -0.4 is 10.5 Å². The van der Waals surface area contributed by atoms with E-state index in [1.165, 1.54) is 0 Å². The molecule has 0 bridgehead atoms. The minimum atomic E-state index is -0.290. The molecule has 3 aromatic carbocycles. The van der Waals surface area contributed by atoms with Crippen LogP contribution in [0.4, 0.5) is 5.69 Å². The summed E-state index contributed by atoms with van der Waals surface area (Å²) in [6.07, 6.45) is 0.163. The van der Waals surface area contributed by atoms with Gasteiger partial charge in [-0.15, -0.1) is 0 Å². The minimum absolute atomic E-state index is 0.163. The van der Waals surface area contributed by atoms with E-state index >= 15 is 0 Å². The molecule has 0 fully saturated rings. The van der Waals surface area contributed by atoms with E-state index in [4.69, 9.17) is 16.3 Å². The fourth-order valence-corrected chi connectivity index (χ4v) is 4.10. The van der Waals surface area contributed by atoms with Gasteiger partial charge in [0.2, 0.25) is 0 Å². The van der Waals surface area contributed by atoms with E-state index in [1.54, 1.807) is 13.0 Å². The summed E-state index contributed by atoms with van der Waals surface area (Å²) in [7, 11) is 4.00. The van der Waals surface area contributed by atoms with Crippen molar-refractivity contribution in [3.63, 3.8) is 0 Å². The zero-order valence-electron chi connectivity index (χ0n) is 18.8. The maximum absolute atomic E-state index is 12.8. The number of aromatic amines is 1. The van der Waals surface area contributed by atoms with Crippen molar-refractivity contribution in [2.75, 3.05) is 25.6 Å². The summed E-state index contributed by atoms with van der Waals surface area (Å²) in [4.78, 5) is 29.7. The van der Waals surface area contributed by atoms with Gasteiger partial charge >= 0.3 is 5.97 Å². The Hall–Kier alpha value is -3.57. The van der Waals surface area contributed by atoms with E-state index in [9.17, 15) is 9.59 Å². The third-order valence-corrected chi connectivity index (χ3v) is 5.83. The summed E-state index contributed by atoms with van der Waals surface area (Å²) in [5.74, 6) is -0.290. The molecule has 5 nitrogen and oxygen atoms in total. The van der Waals surface area contributed by atoms with Crippen LogP contribution in [0.5, 0.6) is 0 Å². The van der Waals surface area contributed by atoms with Crippen LogP contribution in [0, 0.1) is 0 Å². The Morgan fingerprint density at radius 3 is 2.39 bits per heavy atom. The normalized spacial score (nSPS) is 10.9. The molecule has 168 valence electrons. The lowest BCUT2D eigenvalue weighted by Gasteiger charge is -2.14. The van der Waals surface area contributed by atoms with Crippen molar-refractivity contribution in [1.82, 2.24) is 4.98 Å². The fraction of sp³-hybridized carbons (Fsp3) is 0.185. The van der Waals surface area contributed by atoms with Gasteiger partial charge in [-0.1, -0.05) is 48.0 Å². The number of carbonyl (C=O) groups is 1. The SMILES string of the molecule is CCOC(=O)Cc1cccc(-c2cc3cc(-c4ccc(N(C)C)cc4)c(Cl)cc3[nH]c2=O)c1. The zero-order valence-corrected chi connectivity index (χ0v) is 19.6. The molecule has 4 rings (SSSR count). The van der Waals surface area contributed by atoms with Crippen molar-refractivity contribution in [2.45, 2.75) is 13.3 Å². The van der Waals surface area contributed by atoms with E-state index in [-0.39, 0.29) is 17.9 Å². The van der Waals surface area contributed by atoms with Crippen LogP contribution in [-0.4, -0.2) is 31.7 Å². The Labute approximate surface area is 197 Å². The molecule has 1 aromatic heterocycles. The van der Waals surface area contributed by atoms with Gasteiger partial charge in [-0.2, -0.15) is 0 Å². The Morgan fingerprint density at radius 2 is 1.70 bits per heavy atom. The Bertz CT molecular complexity index is 1370. The predicted molar refractivity (Wildman–Crippen MR) is 135 cm³/mol. The maximum Gasteiger partial charge on any atom is 0.310 e. The van der Waals surface area contributed by atoms with Crippen molar-refractivity contribution in [2.24, 2.45) is 0 Å². The average molecular weight is 461 g/mol. The van der Waals surface area contributed by atoms with Gasteiger partial charge in [0.1, 0.15) is 0 Å². The first-order valence-corrected chi connectivity index (χ1v) is 11.1. The molecule has 0 atom stereocenters. The number of rotatable bonds is 6. The first-order valence-electron chi connectivity index (χ1n) is 10.7. The number of hydrogen-bond acceptors (Lipinski definition) is 4. The number of aromatic nitrogens is 1. The van der Waals surface area contributed by atoms with Crippen LogP contribution in [0.2, 0.25) is 5.02 Å². The summed E-state index contributed by atoms with van der Waals surface area (Å²) in [6.45, 7) is 2.12. The quantitative estimate of drug-likeness (QED) is 0.375. The van der Waals surface area contributed by atoms with E-state index < -0.39 is 0 Å². The number of ether oxygens (including phenoxy) is 1. The van der Waals surface area contributed by atoms with Gasteiger partial charge in [0.05, 0.1) is 18.1 Å². The predicted octanol–water partition coefficient (Wildman–Crippen LogP) is 5.69. The van der Waals surface area contributed by atoms with Gasteiger partial charge in [-0.25, -0.2) is 0 Å². The topological polar surface area (TPSA) is 62.4 Å². The molecule has 0 unspecified atom stereocenters. The molecule has 1 N–H and O–H groups in total. The van der Waals surface area contributed by atoms with Crippen molar-refractivity contribution in [3.8, 4) is 22.3 Å².